The lowest BCUT2D eigenvalue weighted by Gasteiger charge is -2.11. The van der Waals surface area contributed by atoms with E-state index in [1.165, 1.54) is 11.3 Å². The van der Waals surface area contributed by atoms with Gasteiger partial charge in [0.05, 0.1) is 12.8 Å². The van der Waals surface area contributed by atoms with E-state index in [0.717, 1.165) is 27.5 Å². The Hall–Kier alpha value is -1.53. The first kappa shape index (κ1) is 14.9. The van der Waals surface area contributed by atoms with E-state index in [-0.39, 0.29) is 0 Å². The van der Waals surface area contributed by atoms with Gasteiger partial charge in [-0.25, -0.2) is 4.79 Å². The van der Waals surface area contributed by atoms with E-state index in [0.29, 0.717) is 10.6 Å². The third-order valence-electron chi connectivity index (χ3n) is 2.91. The molecule has 0 bridgehead atoms. The number of nitrogens with zero attached hydrogens (tertiary/aromatic N) is 1. The predicted molar refractivity (Wildman–Crippen MR) is 81.1 cm³/mol. The number of carbonyl (C=O) groups is 1. The summed E-state index contributed by atoms with van der Waals surface area (Å²) in [6.07, 6.45) is 1.80. The van der Waals surface area contributed by atoms with Gasteiger partial charge in [-0.3, -0.25) is 4.98 Å². The number of pyridine rings is 1. The molecule has 0 fully saturated rings. The third-order valence-corrected chi connectivity index (χ3v) is 4.97. The van der Waals surface area contributed by atoms with Crippen molar-refractivity contribution in [2.75, 3.05) is 7.11 Å². The zero-order valence-electron chi connectivity index (χ0n) is 11.5. The van der Waals surface area contributed by atoms with Crippen molar-refractivity contribution in [2.45, 2.75) is 24.5 Å². The molecule has 2 rings (SSSR count). The van der Waals surface area contributed by atoms with Crippen LogP contribution in [0, 0.1) is 13.8 Å². The minimum absolute atomic E-state index is 0.360. The number of methoxy groups -OCH3 is 1. The van der Waals surface area contributed by atoms with Crippen LogP contribution < -0.4 is 4.74 Å². The van der Waals surface area contributed by atoms with Crippen LogP contribution in [-0.4, -0.2) is 23.2 Å². The van der Waals surface area contributed by atoms with Crippen LogP contribution in [0.5, 0.6) is 5.75 Å². The van der Waals surface area contributed by atoms with E-state index in [1.54, 1.807) is 31.1 Å². The van der Waals surface area contributed by atoms with Gasteiger partial charge in [0.1, 0.15) is 10.6 Å². The van der Waals surface area contributed by atoms with Gasteiger partial charge >= 0.3 is 5.97 Å². The van der Waals surface area contributed by atoms with Crippen LogP contribution in [0.1, 0.15) is 26.5 Å². The molecular formula is C14H15NO3S2. The zero-order chi connectivity index (χ0) is 14.7. The molecule has 0 atom stereocenters. The van der Waals surface area contributed by atoms with E-state index < -0.39 is 5.97 Å². The molecule has 0 aliphatic rings. The topological polar surface area (TPSA) is 59.4 Å². The first-order valence-electron chi connectivity index (χ1n) is 5.96. The summed E-state index contributed by atoms with van der Waals surface area (Å²) < 4.78 is 5.38. The number of hydrogen-bond acceptors (Lipinski definition) is 5. The van der Waals surface area contributed by atoms with Crippen molar-refractivity contribution >= 4 is 29.1 Å². The van der Waals surface area contributed by atoms with Gasteiger partial charge in [-0.15, -0.1) is 23.1 Å². The highest BCUT2D eigenvalue weighted by atomic mass is 32.2. The minimum atomic E-state index is -0.881. The van der Waals surface area contributed by atoms with Gasteiger partial charge in [-0.1, -0.05) is 0 Å². The molecule has 2 aromatic rings. The minimum Gasteiger partial charge on any atom is -0.496 e. The van der Waals surface area contributed by atoms with E-state index in [4.69, 9.17) is 9.84 Å². The van der Waals surface area contributed by atoms with Gasteiger partial charge in [-0.2, -0.15) is 0 Å². The molecule has 0 aliphatic carbocycles. The van der Waals surface area contributed by atoms with Gasteiger partial charge in [0.15, 0.2) is 0 Å². The highest BCUT2D eigenvalue weighted by molar-refractivity contribution is 7.98. The Bertz CT molecular complexity index is 637. The molecule has 2 aromatic heterocycles. The number of thioether (sulfide) groups is 1. The number of aromatic nitrogens is 1. The van der Waals surface area contributed by atoms with E-state index in [9.17, 15) is 4.79 Å². The number of hydrogen-bond donors (Lipinski definition) is 1. The quantitative estimate of drug-likeness (QED) is 0.852. The Morgan fingerprint density at radius 3 is 2.85 bits per heavy atom. The van der Waals surface area contributed by atoms with Gasteiger partial charge in [0, 0.05) is 33.4 Å². The normalized spacial score (nSPS) is 10.6. The molecule has 0 amide bonds. The summed E-state index contributed by atoms with van der Waals surface area (Å²) in [7, 11) is 1.66. The Morgan fingerprint density at radius 1 is 1.50 bits per heavy atom. The van der Waals surface area contributed by atoms with Crippen LogP contribution in [0.25, 0.3) is 0 Å². The molecule has 0 saturated heterocycles. The fourth-order valence-corrected chi connectivity index (χ4v) is 3.77. The molecule has 6 heteroatoms. The molecule has 2 heterocycles. The lowest BCUT2D eigenvalue weighted by Crippen LogP contribution is -1.98. The highest BCUT2D eigenvalue weighted by Gasteiger charge is 2.11. The predicted octanol–water partition coefficient (Wildman–Crippen LogP) is 3.76. The summed E-state index contributed by atoms with van der Waals surface area (Å²) in [4.78, 5) is 16.6. The molecule has 1 N–H and O–H groups in total. The van der Waals surface area contributed by atoms with Gasteiger partial charge in [-0.05, 0) is 19.9 Å². The maximum Gasteiger partial charge on any atom is 0.345 e. The second-order valence-corrected chi connectivity index (χ2v) is 6.25. The van der Waals surface area contributed by atoms with E-state index in [2.05, 4.69) is 4.98 Å². The fraction of sp³-hybridized carbons (Fsp3) is 0.286. The molecular weight excluding hydrogens is 294 g/mol. The lowest BCUT2D eigenvalue weighted by atomic mass is 10.1. The van der Waals surface area contributed by atoms with Crippen molar-refractivity contribution in [3.8, 4) is 5.75 Å². The summed E-state index contributed by atoms with van der Waals surface area (Å²) in [6.45, 7) is 3.96. The second-order valence-electron chi connectivity index (χ2n) is 4.29. The lowest BCUT2D eigenvalue weighted by molar-refractivity contribution is 0.0702. The average Bonchev–Trinajstić information content (AvgIpc) is 2.87. The summed E-state index contributed by atoms with van der Waals surface area (Å²) in [5, 5.41) is 10.8. The van der Waals surface area contributed by atoms with Crippen LogP contribution in [0.4, 0.5) is 0 Å². The van der Waals surface area contributed by atoms with Gasteiger partial charge in [0.2, 0.25) is 0 Å². The van der Waals surface area contributed by atoms with Crippen molar-refractivity contribution in [3.63, 3.8) is 0 Å². The van der Waals surface area contributed by atoms with Crippen molar-refractivity contribution in [2.24, 2.45) is 0 Å². The monoisotopic (exact) mass is 309 g/mol. The number of thiophene rings is 1. The molecule has 4 nitrogen and oxygen atoms in total. The SMILES string of the molecule is COc1c(C)cnc(CSc2csc(C(=O)O)c2)c1C. The van der Waals surface area contributed by atoms with Crippen LogP contribution in [0.2, 0.25) is 0 Å². The number of carboxylic acid groups (broad SMARTS) is 1. The Morgan fingerprint density at radius 2 is 2.25 bits per heavy atom. The molecule has 0 aliphatic heterocycles. The number of carboxylic acids is 1. The van der Waals surface area contributed by atoms with Crippen molar-refractivity contribution in [1.29, 1.82) is 0 Å². The standard InChI is InChI=1S/C14H15NO3S2/c1-8-5-15-11(9(2)13(8)18-3)7-19-10-4-12(14(16)17)20-6-10/h4-6H,7H2,1-3H3,(H,16,17). The largest absolute Gasteiger partial charge is 0.496 e. The molecule has 0 spiro atoms. The fourth-order valence-electron chi connectivity index (χ4n) is 1.87. The van der Waals surface area contributed by atoms with Crippen LogP contribution in [-0.2, 0) is 5.75 Å². The summed E-state index contributed by atoms with van der Waals surface area (Å²) >= 11 is 2.82. The smallest absolute Gasteiger partial charge is 0.345 e. The molecule has 106 valence electrons. The van der Waals surface area contributed by atoms with Crippen LogP contribution in [0.3, 0.4) is 0 Å². The number of aromatic carboxylic acids is 1. The summed E-state index contributed by atoms with van der Waals surface area (Å²) in [5.41, 5.74) is 3.01. The van der Waals surface area contributed by atoms with Crippen molar-refractivity contribution in [1.82, 2.24) is 4.98 Å². The number of aryl methyl sites for hydroxylation is 1. The average molecular weight is 309 g/mol. The summed E-state index contributed by atoms with van der Waals surface area (Å²) in [6, 6.07) is 1.69. The molecule has 0 saturated carbocycles. The summed E-state index contributed by atoms with van der Waals surface area (Å²) in [5.74, 6) is 0.679. The van der Waals surface area contributed by atoms with Crippen molar-refractivity contribution in [3.05, 3.63) is 39.3 Å². The van der Waals surface area contributed by atoms with Crippen molar-refractivity contribution < 1.29 is 14.6 Å². The van der Waals surface area contributed by atoms with Crippen LogP contribution >= 0.6 is 23.1 Å². The Kier molecular flexibility index (Phi) is 4.67. The first-order valence-corrected chi connectivity index (χ1v) is 7.83. The Balaban J connectivity index is 2.12. The third kappa shape index (κ3) is 3.13. The number of ether oxygens (including phenoxy) is 1. The maximum absolute atomic E-state index is 10.8. The zero-order valence-corrected chi connectivity index (χ0v) is 13.1. The molecule has 0 radical (unpaired) electrons. The maximum atomic E-state index is 10.8. The Labute approximate surface area is 125 Å². The van der Waals surface area contributed by atoms with E-state index >= 15 is 0 Å². The van der Waals surface area contributed by atoms with E-state index in [1.807, 2.05) is 19.2 Å². The highest BCUT2D eigenvalue weighted by Crippen LogP contribution is 2.31. The molecule has 0 aromatic carbocycles. The molecule has 0 unspecified atom stereocenters. The molecule has 20 heavy (non-hydrogen) atoms. The van der Waals surface area contributed by atoms with Gasteiger partial charge in [0.25, 0.3) is 0 Å². The first-order chi connectivity index (χ1) is 9.52. The van der Waals surface area contributed by atoms with Gasteiger partial charge < -0.3 is 9.84 Å². The second kappa shape index (κ2) is 6.28. The number of rotatable bonds is 5. The van der Waals surface area contributed by atoms with Crippen LogP contribution in [0.15, 0.2) is 22.5 Å².